The zero-order valence-corrected chi connectivity index (χ0v) is 14.9. The van der Waals surface area contributed by atoms with Crippen molar-refractivity contribution in [1.82, 2.24) is 10.6 Å². The van der Waals surface area contributed by atoms with Gasteiger partial charge in [-0.25, -0.2) is 0 Å². The predicted octanol–water partition coefficient (Wildman–Crippen LogP) is 1.98. The summed E-state index contributed by atoms with van der Waals surface area (Å²) in [5, 5.41) is 9.24. The summed E-state index contributed by atoms with van der Waals surface area (Å²) in [6.45, 7) is 3.52. The fourth-order valence-corrected chi connectivity index (χ4v) is 3.21. The maximum Gasteiger partial charge on any atom is 0.252 e. The first-order valence-electron chi connectivity index (χ1n) is 9.02. The number of carbonyl (C=O) groups is 2. The molecule has 1 aromatic carbocycles. The van der Waals surface area contributed by atoms with Crippen LogP contribution in [0.15, 0.2) is 24.3 Å². The van der Waals surface area contributed by atoms with Crippen molar-refractivity contribution >= 4 is 17.5 Å². The highest BCUT2D eigenvalue weighted by Gasteiger charge is 2.40. The van der Waals surface area contributed by atoms with Gasteiger partial charge in [-0.3, -0.25) is 9.59 Å². The van der Waals surface area contributed by atoms with Crippen LogP contribution in [-0.4, -0.2) is 37.6 Å². The minimum Gasteiger partial charge on any atom is -0.368 e. The molecule has 0 radical (unpaired) electrons. The molecule has 1 aliphatic carbocycles. The molecule has 1 unspecified atom stereocenters. The minimum absolute atomic E-state index is 0.0601. The van der Waals surface area contributed by atoms with Crippen LogP contribution in [0, 0.1) is 5.92 Å². The van der Waals surface area contributed by atoms with Crippen LogP contribution in [0.25, 0.3) is 0 Å². The van der Waals surface area contributed by atoms with E-state index in [-0.39, 0.29) is 23.8 Å². The smallest absolute Gasteiger partial charge is 0.252 e. The lowest BCUT2D eigenvalue weighted by atomic mass is 9.90. The maximum atomic E-state index is 12.7. The Morgan fingerprint density at radius 1 is 1.20 bits per heavy atom. The molecule has 3 N–H and O–H groups in total. The lowest BCUT2D eigenvalue weighted by molar-refractivity contribution is -0.147. The Kier molecular flexibility index (Phi) is 5.39. The number of carbonyl (C=O) groups excluding carboxylic acids is 2. The van der Waals surface area contributed by atoms with E-state index in [1.165, 1.54) is 0 Å². The number of piperidine rings is 1. The summed E-state index contributed by atoms with van der Waals surface area (Å²) in [4.78, 5) is 24.5. The molecule has 2 fully saturated rings. The van der Waals surface area contributed by atoms with E-state index in [1.54, 1.807) is 7.11 Å². The van der Waals surface area contributed by atoms with Crippen LogP contribution in [0.2, 0.25) is 0 Å². The van der Waals surface area contributed by atoms with Crippen molar-refractivity contribution in [3.8, 4) is 0 Å². The number of ether oxygens (including phenoxy) is 1. The van der Waals surface area contributed by atoms with Gasteiger partial charge >= 0.3 is 0 Å². The van der Waals surface area contributed by atoms with Crippen LogP contribution < -0.4 is 16.0 Å². The van der Waals surface area contributed by atoms with Gasteiger partial charge in [0.05, 0.1) is 6.04 Å². The van der Waals surface area contributed by atoms with E-state index in [1.807, 2.05) is 31.2 Å². The summed E-state index contributed by atoms with van der Waals surface area (Å²) in [6, 6.07) is 7.52. The fourth-order valence-electron chi connectivity index (χ4n) is 3.21. The van der Waals surface area contributed by atoms with Crippen LogP contribution in [0.5, 0.6) is 0 Å². The number of nitrogens with one attached hydrogen (secondary N) is 3. The van der Waals surface area contributed by atoms with Crippen LogP contribution in [0.4, 0.5) is 5.69 Å². The van der Waals surface area contributed by atoms with Crippen LogP contribution in [0.3, 0.4) is 0 Å². The Labute approximate surface area is 148 Å². The monoisotopic (exact) mass is 345 g/mol. The number of hydrogen-bond acceptors (Lipinski definition) is 4. The molecular formula is C19H27N3O3. The van der Waals surface area contributed by atoms with E-state index in [0.717, 1.165) is 37.2 Å². The first kappa shape index (κ1) is 17.9. The van der Waals surface area contributed by atoms with Crippen molar-refractivity contribution < 1.29 is 14.3 Å². The third-order valence-corrected chi connectivity index (χ3v) is 5.19. The van der Waals surface area contributed by atoms with E-state index in [9.17, 15) is 9.59 Å². The summed E-state index contributed by atoms with van der Waals surface area (Å²) < 4.78 is 5.57. The van der Waals surface area contributed by atoms with Crippen molar-refractivity contribution in [2.24, 2.45) is 5.92 Å². The van der Waals surface area contributed by atoms with Gasteiger partial charge < -0.3 is 20.7 Å². The molecule has 25 heavy (non-hydrogen) atoms. The summed E-state index contributed by atoms with van der Waals surface area (Å²) in [5.74, 6) is 0.227. The van der Waals surface area contributed by atoms with Gasteiger partial charge in [0, 0.05) is 18.7 Å². The molecule has 6 heteroatoms. The molecule has 0 aromatic heterocycles. The van der Waals surface area contributed by atoms with E-state index in [2.05, 4.69) is 16.0 Å². The summed E-state index contributed by atoms with van der Waals surface area (Å²) in [6.07, 6.45) is 3.33. The lowest BCUT2D eigenvalue weighted by Crippen LogP contribution is -2.54. The summed E-state index contributed by atoms with van der Waals surface area (Å²) in [7, 11) is 1.60. The molecule has 6 nitrogen and oxygen atoms in total. The van der Waals surface area contributed by atoms with Gasteiger partial charge in [-0.1, -0.05) is 12.1 Å². The second kappa shape index (κ2) is 7.54. The van der Waals surface area contributed by atoms with E-state index >= 15 is 0 Å². The molecule has 1 aliphatic heterocycles. The lowest BCUT2D eigenvalue weighted by Gasteiger charge is -2.35. The van der Waals surface area contributed by atoms with Gasteiger partial charge in [0.25, 0.3) is 5.91 Å². The number of anilines is 1. The average molecular weight is 345 g/mol. The number of methoxy groups -OCH3 is 1. The molecule has 136 valence electrons. The van der Waals surface area contributed by atoms with Crippen LogP contribution in [0.1, 0.15) is 44.2 Å². The van der Waals surface area contributed by atoms with Crippen molar-refractivity contribution in [3.63, 3.8) is 0 Å². The van der Waals surface area contributed by atoms with Crippen LogP contribution >= 0.6 is 0 Å². The number of rotatable bonds is 6. The zero-order valence-electron chi connectivity index (χ0n) is 14.9. The highest BCUT2D eigenvalue weighted by Crippen LogP contribution is 2.30. The Bertz CT molecular complexity index is 619. The fraction of sp³-hybridized carbons (Fsp3) is 0.579. The highest BCUT2D eigenvalue weighted by molar-refractivity contribution is 5.94. The Morgan fingerprint density at radius 2 is 1.84 bits per heavy atom. The normalized spacial score (nSPS) is 20.6. The average Bonchev–Trinajstić information content (AvgIpc) is 3.48. The molecule has 3 rings (SSSR count). The standard InChI is InChI=1S/C19H27N3O3/c1-13(21-18(24)19(25-2)9-11-20-12-10-19)14-5-7-16(8-6-14)22-17(23)15-3-4-15/h5-8,13,15,20H,3-4,9-12H2,1-2H3,(H,21,24)(H,22,23). The number of benzene rings is 1. The Hall–Kier alpha value is -1.92. The molecule has 1 aromatic rings. The van der Waals surface area contributed by atoms with Gasteiger partial charge in [0.1, 0.15) is 5.60 Å². The highest BCUT2D eigenvalue weighted by atomic mass is 16.5. The summed E-state index contributed by atoms with van der Waals surface area (Å²) >= 11 is 0. The number of amides is 2. The second-order valence-electron chi connectivity index (χ2n) is 7.03. The SMILES string of the molecule is COC1(C(=O)NC(C)c2ccc(NC(=O)C3CC3)cc2)CCNCC1. The van der Waals surface area contributed by atoms with Crippen molar-refractivity contribution in [1.29, 1.82) is 0 Å². The second-order valence-corrected chi connectivity index (χ2v) is 7.03. The molecule has 2 amide bonds. The molecule has 1 heterocycles. The predicted molar refractivity (Wildman–Crippen MR) is 96.2 cm³/mol. The largest absolute Gasteiger partial charge is 0.368 e. The van der Waals surface area contributed by atoms with Gasteiger partial charge in [-0.15, -0.1) is 0 Å². The van der Waals surface area contributed by atoms with Gasteiger partial charge in [-0.05, 0) is 63.4 Å². The molecule has 0 spiro atoms. The summed E-state index contributed by atoms with van der Waals surface area (Å²) in [5.41, 5.74) is 1.06. The molecule has 2 aliphatic rings. The van der Waals surface area contributed by atoms with Crippen molar-refractivity contribution in [3.05, 3.63) is 29.8 Å². The molecule has 1 saturated heterocycles. The third kappa shape index (κ3) is 4.19. The van der Waals surface area contributed by atoms with E-state index in [0.29, 0.717) is 12.8 Å². The molecule has 1 atom stereocenters. The maximum absolute atomic E-state index is 12.7. The first-order chi connectivity index (χ1) is 12.0. The first-order valence-corrected chi connectivity index (χ1v) is 9.02. The Balaban J connectivity index is 1.59. The third-order valence-electron chi connectivity index (χ3n) is 5.19. The molecular weight excluding hydrogens is 318 g/mol. The van der Waals surface area contributed by atoms with Gasteiger partial charge in [0.2, 0.25) is 5.91 Å². The van der Waals surface area contributed by atoms with E-state index in [4.69, 9.17) is 4.74 Å². The molecule has 0 bridgehead atoms. The quantitative estimate of drug-likeness (QED) is 0.737. The zero-order chi connectivity index (χ0) is 17.9. The Morgan fingerprint density at radius 3 is 2.40 bits per heavy atom. The van der Waals surface area contributed by atoms with Crippen LogP contribution in [-0.2, 0) is 14.3 Å². The van der Waals surface area contributed by atoms with Crippen molar-refractivity contribution in [2.45, 2.75) is 44.2 Å². The van der Waals surface area contributed by atoms with Crippen molar-refractivity contribution in [2.75, 3.05) is 25.5 Å². The minimum atomic E-state index is -0.738. The number of hydrogen-bond donors (Lipinski definition) is 3. The topological polar surface area (TPSA) is 79.5 Å². The van der Waals surface area contributed by atoms with Gasteiger partial charge in [0.15, 0.2) is 0 Å². The van der Waals surface area contributed by atoms with E-state index < -0.39 is 5.60 Å². The molecule has 1 saturated carbocycles. The van der Waals surface area contributed by atoms with Gasteiger partial charge in [-0.2, -0.15) is 0 Å².